The lowest BCUT2D eigenvalue weighted by Gasteiger charge is -2.02. The van der Waals surface area contributed by atoms with Crippen molar-refractivity contribution in [1.82, 2.24) is 9.97 Å². The van der Waals surface area contributed by atoms with Gasteiger partial charge >= 0.3 is 0 Å². The highest BCUT2D eigenvalue weighted by molar-refractivity contribution is 7.17. The van der Waals surface area contributed by atoms with Crippen LogP contribution in [0.2, 0.25) is 0 Å². The molecule has 0 aliphatic carbocycles. The van der Waals surface area contributed by atoms with Crippen molar-refractivity contribution in [2.75, 3.05) is 11.9 Å². The van der Waals surface area contributed by atoms with Crippen molar-refractivity contribution < 1.29 is 9.53 Å². The molecule has 0 saturated heterocycles. The number of nitrogens with one attached hydrogen (secondary N) is 1. The lowest BCUT2D eigenvalue weighted by Crippen LogP contribution is -2.11. The minimum atomic E-state index is -0.174. The van der Waals surface area contributed by atoms with E-state index in [1.54, 1.807) is 6.20 Å². The van der Waals surface area contributed by atoms with Crippen molar-refractivity contribution in [2.24, 2.45) is 0 Å². The third-order valence-corrected chi connectivity index (χ3v) is 4.96. The second-order valence-corrected chi connectivity index (χ2v) is 6.58. The van der Waals surface area contributed by atoms with Gasteiger partial charge in [0, 0.05) is 17.1 Å². The van der Waals surface area contributed by atoms with E-state index in [1.165, 1.54) is 22.7 Å². The van der Waals surface area contributed by atoms with Crippen LogP contribution in [0.15, 0.2) is 35.8 Å². The summed E-state index contributed by atoms with van der Waals surface area (Å²) < 4.78 is 5.44. The summed E-state index contributed by atoms with van der Waals surface area (Å²) in [5.41, 5.74) is 1.68. The van der Waals surface area contributed by atoms with Gasteiger partial charge in [0.25, 0.3) is 5.91 Å². The molecule has 1 amide bonds. The molecule has 7 heteroatoms. The number of hydrogen-bond donors (Lipinski definition) is 1. The minimum Gasteiger partial charge on any atom is -0.494 e. The lowest BCUT2D eigenvalue weighted by molar-refractivity contribution is 0.103. The van der Waals surface area contributed by atoms with E-state index < -0.39 is 0 Å². The van der Waals surface area contributed by atoms with Gasteiger partial charge in [0.05, 0.1) is 12.3 Å². The molecule has 0 radical (unpaired) electrons. The number of amides is 1. The van der Waals surface area contributed by atoms with Crippen LogP contribution >= 0.6 is 22.7 Å². The maximum Gasteiger partial charge on any atom is 0.269 e. The third kappa shape index (κ3) is 3.57. The number of benzene rings is 1. The second kappa shape index (κ2) is 6.89. The number of thiazole rings is 2. The van der Waals surface area contributed by atoms with E-state index in [4.69, 9.17) is 4.74 Å². The average Bonchev–Trinajstić information content (AvgIpc) is 3.18. The summed E-state index contributed by atoms with van der Waals surface area (Å²) in [6.07, 6.45) is 1.66. The van der Waals surface area contributed by atoms with Crippen LogP contribution in [0.25, 0.3) is 10.6 Å². The van der Waals surface area contributed by atoms with Gasteiger partial charge in [0.1, 0.15) is 15.6 Å². The van der Waals surface area contributed by atoms with Gasteiger partial charge in [-0.25, -0.2) is 9.97 Å². The summed E-state index contributed by atoms with van der Waals surface area (Å²) in [5.74, 6) is 0.651. The Morgan fingerprint density at radius 1 is 1.30 bits per heavy atom. The maximum atomic E-state index is 12.3. The van der Waals surface area contributed by atoms with Gasteiger partial charge in [-0.15, -0.1) is 22.7 Å². The van der Waals surface area contributed by atoms with E-state index >= 15 is 0 Å². The van der Waals surface area contributed by atoms with Crippen LogP contribution in [-0.2, 0) is 0 Å². The van der Waals surface area contributed by atoms with Gasteiger partial charge in [0.2, 0.25) is 0 Å². The maximum absolute atomic E-state index is 12.3. The highest BCUT2D eigenvalue weighted by Gasteiger charge is 2.17. The molecule has 0 aliphatic rings. The minimum absolute atomic E-state index is 0.174. The molecular formula is C16H15N3O2S2. The Morgan fingerprint density at radius 2 is 2.09 bits per heavy atom. The average molecular weight is 345 g/mol. The van der Waals surface area contributed by atoms with Gasteiger partial charge in [-0.2, -0.15) is 0 Å². The largest absolute Gasteiger partial charge is 0.494 e. The van der Waals surface area contributed by atoms with E-state index in [2.05, 4.69) is 15.3 Å². The number of hydrogen-bond acceptors (Lipinski definition) is 6. The predicted octanol–water partition coefficient (Wildman–Crippen LogP) is 4.23. The first kappa shape index (κ1) is 15.6. The van der Waals surface area contributed by atoms with E-state index in [1.807, 2.05) is 43.5 Å². The molecule has 3 rings (SSSR count). The van der Waals surface area contributed by atoms with Crippen LogP contribution in [0.3, 0.4) is 0 Å². The number of anilines is 1. The molecule has 0 spiro atoms. The highest BCUT2D eigenvalue weighted by atomic mass is 32.1. The molecule has 3 aromatic rings. The molecule has 2 aromatic heterocycles. The number of rotatable bonds is 5. The van der Waals surface area contributed by atoms with Gasteiger partial charge in [0.15, 0.2) is 5.13 Å². The van der Waals surface area contributed by atoms with Gasteiger partial charge in [-0.1, -0.05) is 0 Å². The first-order chi connectivity index (χ1) is 11.2. The zero-order chi connectivity index (χ0) is 16.2. The number of carbonyl (C=O) groups excluding carboxylic acids is 1. The van der Waals surface area contributed by atoms with Crippen molar-refractivity contribution >= 4 is 33.7 Å². The van der Waals surface area contributed by atoms with Crippen LogP contribution in [-0.4, -0.2) is 22.5 Å². The number of nitrogens with zero attached hydrogens (tertiary/aromatic N) is 2. The topological polar surface area (TPSA) is 64.1 Å². The van der Waals surface area contributed by atoms with E-state index in [-0.39, 0.29) is 5.91 Å². The Kier molecular flexibility index (Phi) is 4.68. The van der Waals surface area contributed by atoms with E-state index in [0.717, 1.165) is 16.3 Å². The Balaban J connectivity index is 1.81. The van der Waals surface area contributed by atoms with Crippen molar-refractivity contribution in [2.45, 2.75) is 13.8 Å². The quantitative estimate of drug-likeness (QED) is 0.752. The van der Waals surface area contributed by atoms with Crippen LogP contribution in [0.5, 0.6) is 5.75 Å². The fraction of sp³-hybridized carbons (Fsp3) is 0.188. The summed E-state index contributed by atoms with van der Waals surface area (Å²) in [6, 6.07) is 7.72. The fourth-order valence-corrected chi connectivity index (χ4v) is 3.52. The van der Waals surface area contributed by atoms with Crippen LogP contribution in [0, 0.1) is 6.92 Å². The molecule has 0 saturated carbocycles. The van der Waals surface area contributed by atoms with E-state index in [9.17, 15) is 4.79 Å². The summed E-state index contributed by atoms with van der Waals surface area (Å²) >= 11 is 2.76. The Morgan fingerprint density at radius 3 is 2.74 bits per heavy atom. The van der Waals surface area contributed by atoms with Gasteiger partial charge < -0.3 is 4.74 Å². The second-order valence-electron chi connectivity index (χ2n) is 4.68. The molecule has 2 heterocycles. The van der Waals surface area contributed by atoms with Gasteiger partial charge in [-0.3, -0.25) is 10.1 Å². The fourth-order valence-electron chi connectivity index (χ4n) is 2.03. The monoisotopic (exact) mass is 345 g/mol. The zero-order valence-corrected chi connectivity index (χ0v) is 14.3. The van der Waals surface area contributed by atoms with Crippen molar-refractivity contribution in [3.63, 3.8) is 0 Å². The molecule has 23 heavy (non-hydrogen) atoms. The van der Waals surface area contributed by atoms with Crippen molar-refractivity contribution in [3.8, 4) is 16.3 Å². The van der Waals surface area contributed by atoms with Crippen LogP contribution in [0.1, 0.15) is 22.3 Å². The molecule has 0 atom stereocenters. The molecule has 1 aromatic carbocycles. The number of ether oxygens (including phenoxy) is 1. The van der Waals surface area contributed by atoms with Crippen LogP contribution in [0.4, 0.5) is 5.13 Å². The van der Waals surface area contributed by atoms with Gasteiger partial charge in [-0.05, 0) is 38.1 Å². The molecule has 0 unspecified atom stereocenters. The zero-order valence-electron chi connectivity index (χ0n) is 12.7. The summed E-state index contributed by atoms with van der Waals surface area (Å²) in [7, 11) is 0. The summed E-state index contributed by atoms with van der Waals surface area (Å²) in [6.45, 7) is 4.42. The molecule has 0 aliphatic heterocycles. The molecule has 5 nitrogen and oxygen atoms in total. The number of carbonyl (C=O) groups is 1. The Labute approximate surface area is 142 Å². The first-order valence-electron chi connectivity index (χ1n) is 7.09. The first-order valence-corrected chi connectivity index (χ1v) is 8.78. The molecule has 118 valence electrons. The number of aromatic nitrogens is 2. The van der Waals surface area contributed by atoms with Crippen molar-refractivity contribution in [1.29, 1.82) is 0 Å². The molecular weight excluding hydrogens is 330 g/mol. The third-order valence-electron chi connectivity index (χ3n) is 3.07. The smallest absolute Gasteiger partial charge is 0.269 e. The molecule has 1 N–H and O–H groups in total. The number of aryl methyl sites for hydroxylation is 1. The normalized spacial score (nSPS) is 10.5. The lowest BCUT2D eigenvalue weighted by atomic mass is 10.2. The summed E-state index contributed by atoms with van der Waals surface area (Å²) in [4.78, 5) is 21.5. The highest BCUT2D eigenvalue weighted by Crippen LogP contribution is 2.29. The molecule has 0 fully saturated rings. The Bertz CT molecular complexity index is 795. The SMILES string of the molecule is CCOc1ccc(-c2nc(C)c(C(=O)Nc3nccs3)s2)cc1. The van der Waals surface area contributed by atoms with Crippen LogP contribution < -0.4 is 10.1 Å². The standard InChI is InChI=1S/C16H15N3O2S2/c1-3-21-12-6-4-11(5-7-12)15-18-10(2)13(23-15)14(20)19-16-17-8-9-22-16/h4-9H,3H2,1-2H3,(H,17,19,20). The predicted molar refractivity (Wildman–Crippen MR) is 93.5 cm³/mol. The summed E-state index contributed by atoms with van der Waals surface area (Å²) in [5, 5.41) is 6.01. The van der Waals surface area contributed by atoms with E-state index in [0.29, 0.717) is 22.3 Å². The Hall–Kier alpha value is -2.25. The molecule has 0 bridgehead atoms. The van der Waals surface area contributed by atoms with Crippen molar-refractivity contribution in [3.05, 3.63) is 46.4 Å².